The average Bonchev–Trinajstić information content (AvgIpc) is 2.40. The summed E-state index contributed by atoms with van der Waals surface area (Å²) in [5.74, 6) is 0. The van der Waals surface area contributed by atoms with Crippen molar-refractivity contribution < 1.29 is 5.11 Å². The van der Waals surface area contributed by atoms with Gasteiger partial charge in [-0.3, -0.25) is 4.90 Å². The maximum Gasteiger partial charge on any atom is 0.0742 e. The van der Waals surface area contributed by atoms with Crippen LogP contribution in [0.25, 0.3) is 0 Å². The third kappa shape index (κ3) is 4.05. The van der Waals surface area contributed by atoms with Gasteiger partial charge in [0.15, 0.2) is 0 Å². The van der Waals surface area contributed by atoms with Crippen LogP contribution in [0.15, 0.2) is 0 Å². The van der Waals surface area contributed by atoms with Gasteiger partial charge < -0.3 is 10.8 Å². The van der Waals surface area contributed by atoms with Gasteiger partial charge in [0.05, 0.1) is 11.6 Å². The van der Waals surface area contributed by atoms with E-state index in [-0.39, 0.29) is 6.61 Å². The summed E-state index contributed by atoms with van der Waals surface area (Å²) in [4.78, 5) is 2.94. The molecule has 1 saturated heterocycles. The van der Waals surface area contributed by atoms with Crippen molar-refractivity contribution in [2.45, 2.75) is 51.1 Å². The van der Waals surface area contributed by atoms with E-state index in [1.165, 1.54) is 19.3 Å². The third-order valence-electron chi connectivity index (χ3n) is 3.20. The van der Waals surface area contributed by atoms with Crippen molar-refractivity contribution in [1.29, 1.82) is 0 Å². The highest BCUT2D eigenvalue weighted by Gasteiger charge is 2.24. The number of hydrogen-bond donors (Lipinski definition) is 2. The summed E-state index contributed by atoms with van der Waals surface area (Å²) >= 11 is 4.94. The number of nitrogens with zero attached hydrogens (tertiary/aromatic N) is 1. The summed E-state index contributed by atoms with van der Waals surface area (Å²) in [6.07, 6.45) is 5.57. The topological polar surface area (TPSA) is 49.5 Å². The first-order chi connectivity index (χ1) is 7.15. The summed E-state index contributed by atoms with van der Waals surface area (Å²) in [6.45, 7) is 3.46. The van der Waals surface area contributed by atoms with E-state index in [2.05, 4.69) is 11.8 Å². The van der Waals surface area contributed by atoms with Crippen LogP contribution in [0.2, 0.25) is 0 Å². The van der Waals surface area contributed by atoms with Gasteiger partial charge in [-0.25, -0.2) is 0 Å². The zero-order chi connectivity index (χ0) is 11.3. The lowest BCUT2D eigenvalue weighted by Gasteiger charge is -2.34. The normalized spacial score (nSPS) is 25.9. The summed E-state index contributed by atoms with van der Waals surface area (Å²) in [6, 6.07) is 0.662. The first-order valence-corrected chi connectivity index (χ1v) is 6.21. The number of likely N-dealkylation sites (tertiary alicyclic amines) is 1. The highest BCUT2D eigenvalue weighted by molar-refractivity contribution is 7.80. The van der Waals surface area contributed by atoms with E-state index >= 15 is 0 Å². The Morgan fingerprint density at radius 3 is 2.87 bits per heavy atom. The molecule has 2 unspecified atom stereocenters. The van der Waals surface area contributed by atoms with Crippen LogP contribution in [0.4, 0.5) is 0 Å². The van der Waals surface area contributed by atoms with Crippen molar-refractivity contribution in [1.82, 2.24) is 4.90 Å². The molecule has 0 saturated carbocycles. The second-order valence-electron chi connectivity index (χ2n) is 4.44. The van der Waals surface area contributed by atoms with Crippen LogP contribution in [-0.4, -0.2) is 40.2 Å². The largest absolute Gasteiger partial charge is 0.395 e. The molecule has 1 rings (SSSR count). The Bertz CT molecular complexity index is 211. The van der Waals surface area contributed by atoms with Crippen LogP contribution < -0.4 is 5.73 Å². The molecule has 3 N–H and O–H groups in total. The Hall–Kier alpha value is -0.190. The molecule has 0 amide bonds. The molecule has 0 aliphatic carbocycles. The van der Waals surface area contributed by atoms with Crippen LogP contribution in [0.1, 0.15) is 39.0 Å². The summed E-state index contributed by atoms with van der Waals surface area (Å²) in [7, 11) is 0. The molecule has 0 aromatic rings. The van der Waals surface area contributed by atoms with Crippen molar-refractivity contribution in [2.24, 2.45) is 5.73 Å². The first-order valence-electron chi connectivity index (χ1n) is 5.80. The van der Waals surface area contributed by atoms with Gasteiger partial charge in [-0.05, 0) is 26.3 Å². The van der Waals surface area contributed by atoms with Gasteiger partial charge in [-0.15, -0.1) is 0 Å². The number of nitrogens with two attached hydrogens (primary N) is 1. The monoisotopic (exact) mass is 230 g/mol. The molecule has 1 aliphatic heterocycles. The van der Waals surface area contributed by atoms with E-state index < -0.39 is 0 Å². The van der Waals surface area contributed by atoms with Crippen molar-refractivity contribution in [2.75, 3.05) is 13.2 Å². The second kappa shape index (κ2) is 6.40. The van der Waals surface area contributed by atoms with Crippen LogP contribution in [0.5, 0.6) is 0 Å². The lowest BCUT2D eigenvalue weighted by molar-refractivity contribution is 0.0938. The zero-order valence-corrected chi connectivity index (χ0v) is 10.3. The molecular formula is C11H22N2OS. The molecule has 1 aliphatic rings. The van der Waals surface area contributed by atoms with Gasteiger partial charge in [0.1, 0.15) is 0 Å². The second-order valence-corrected chi connectivity index (χ2v) is 4.97. The number of rotatable bonds is 4. The predicted octanol–water partition coefficient (Wildman–Crippen LogP) is 1.29. The quantitative estimate of drug-likeness (QED) is 0.715. The van der Waals surface area contributed by atoms with E-state index in [1.54, 1.807) is 0 Å². The van der Waals surface area contributed by atoms with Crippen molar-refractivity contribution in [3.05, 3.63) is 0 Å². The number of thiocarbonyl (C=S) groups is 1. The fourth-order valence-corrected chi connectivity index (χ4v) is 2.63. The summed E-state index contributed by atoms with van der Waals surface area (Å²) in [5, 5.41) is 9.36. The highest BCUT2D eigenvalue weighted by Crippen LogP contribution is 2.20. The average molecular weight is 230 g/mol. The SMILES string of the molecule is CC(CC(N)=S)N1CCCCCC1CO. The van der Waals surface area contributed by atoms with E-state index in [9.17, 15) is 5.11 Å². The predicted molar refractivity (Wildman–Crippen MR) is 66.9 cm³/mol. The molecule has 1 heterocycles. The Morgan fingerprint density at radius 2 is 2.27 bits per heavy atom. The molecule has 0 spiro atoms. The number of hydrogen-bond acceptors (Lipinski definition) is 3. The molecule has 88 valence electrons. The maximum absolute atomic E-state index is 9.36. The highest BCUT2D eigenvalue weighted by atomic mass is 32.1. The van der Waals surface area contributed by atoms with Crippen molar-refractivity contribution in [3.8, 4) is 0 Å². The van der Waals surface area contributed by atoms with E-state index in [0.29, 0.717) is 17.1 Å². The lowest BCUT2D eigenvalue weighted by Crippen LogP contribution is -2.44. The van der Waals surface area contributed by atoms with Gasteiger partial charge >= 0.3 is 0 Å². The Balaban J connectivity index is 2.56. The minimum Gasteiger partial charge on any atom is -0.395 e. The van der Waals surface area contributed by atoms with Gasteiger partial charge in [0, 0.05) is 18.5 Å². The minimum atomic E-state index is 0.252. The Morgan fingerprint density at radius 1 is 1.53 bits per heavy atom. The molecule has 0 radical (unpaired) electrons. The molecule has 3 nitrogen and oxygen atoms in total. The van der Waals surface area contributed by atoms with Crippen molar-refractivity contribution in [3.63, 3.8) is 0 Å². The lowest BCUT2D eigenvalue weighted by atomic mass is 10.1. The smallest absolute Gasteiger partial charge is 0.0742 e. The molecule has 15 heavy (non-hydrogen) atoms. The molecule has 2 atom stereocenters. The Kier molecular flexibility index (Phi) is 5.50. The minimum absolute atomic E-state index is 0.252. The van der Waals surface area contributed by atoms with Gasteiger partial charge in [-0.1, -0.05) is 25.1 Å². The molecule has 0 aromatic heterocycles. The van der Waals surface area contributed by atoms with Crippen LogP contribution >= 0.6 is 12.2 Å². The zero-order valence-electron chi connectivity index (χ0n) is 9.48. The number of aliphatic hydroxyl groups excluding tert-OH is 1. The van der Waals surface area contributed by atoms with E-state index in [0.717, 1.165) is 19.4 Å². The molecule has 0 bridgehead atoms. The maximum atomic E-state index is 9.36. The standard InChI is InChI=1S/C11H22N2OS/c1-9(7-11(12)15)13-6-4-2-3-5-10(13)8-14/h9-10,14H,2-8H2,1H3,(H2,12,15). The van der Waals surface area contributed by atoms with Crippen LogP contribution in [0.3, 0.4) is 0 Å². The van der Waals surface area contributed by atoms with Gasteiger partial charge in [-0.2, -0.15) is 0 Å². The molecule has 1 fully saturated rings. The summed E-state index contributed by atoms with van der Waals surface area (Å²) in [5.41, 5.74) is 5.57. The van der Waals surface area contributed by atoms with Gasteiger partial charge in [0.2, 0.25) is 0 Å². The van der Waals surface area contributed by atoms with E-state index in [1.807, 2.05) is 0 Å². The van der Waals surface area contributed by atoms with Crippen LogP contribution in [0, 0.1) is 0 Å². The molecule has 0 aromatic carbocycles. The fourth-order valence-electron chi connectivity index (χ4n) is 2.38. The Labute approximate surface area is 97.6 Å². The van der Waals surface area contributed by atoms with E-state index in [4.69, 9.17) is 18.0 Å². The molecular weight excluding hydrogens is 208 g/mol. The summed E-state index contributed by atoms with van der Waals surface area (Å²) < 4.78 is 0. The fraction of sp³-hybridized carbons (Fsp3) is 0.909. The van der Waals surface area contributed by atoms with Crippen molar-refractivity contribution >= 4 is 17.2 Å². The number of aliphatic hydroxyl groups is 1. The van der Waals surface area contributed by atoms with Gasteiger partial charge in [0.25, 0.3) is 0 Å². The molecule has 4 heteroatoms. The third-order valence-corrected chi connectivity index (χ3v) is 3.36. The van der Waals surface area contributed by atoms with Crippen LogP contribution in [-0.2, 0) is 0 Å². The first kappa shape index (κ1) is 12.9.